The first-order chi connectivity index (χ1) is 11.3. The number of guanidine groups is 1. The minimum Gasteiger partial charge on any atom is -0.467 e. The summed E-state index contributed by atoms with van der Waals surface area (Å²) in [7, 11) is 0. The van der Waals surface area contributed by atoms with Crippen LogP contribution in [-0.4, -0.2) is 25.8 Å². The molecule has 0 saturated heterocycles. The van der Waals surface area contributed by atoms with Crippen LogP contribution in [0.2, 0.25) is 0 Å². The Kier molecular flexibility index (Phi) is 7.54. The molecule has 1 aromatic carbocycles. The van der Waals surface area contributed by atoms with Crippen molar-refractivity contribution in [2.24, 2.45) is 10.9 Å². The van der Waals surface area contributed by atoms with Crippen LogP contribution in [0.25, 0.3) is 0 Å². The number of aliphatic imine (C=N–C) groups is 1. The number of benzene rings is 1. The maximum absolute atomic E-state index is 13.7. The van der Waals surface area contributed by atoms with Crippen molar-refractivity contribution in [2.75, 3.05) is 19.9 Å². The summed E-state index contributed by atoms with van der Waals surface area (Å²) in [5.41, 5.74) is 1.50. The van der Waals surface area contributed by atoms with Gasteiger partial charge in [-0.3, -0.25) is 0 Å². The lowest BCUT2D eigenvalue weighted by molar-refractivity contribution is -0.0172. The molecule has 7 heteroatoms. The average molecular weight is 449 g/mol. The Morgan fingerprint density at radius 3 is 2.88 bits per heavy atom. The molecule has 0 bridgehead atoms. The van der Waals surface area contributed by atoms with Crippen LogP contribution in [0, 0.1) is 11.7 Å². The van der Waals surface area contributed by atoms with Gasteiger partial charge in [0.05, 0.1) is 13.2 Å². The van der Waals surface area contributed by atoms with Gasteiger partial charge in [0.2, 0.25) is 0 Å². The summed E-state index contributed by atoms with van der Waals surface area (Å²) in [6, 6.07) is 2.95. The molecular formula is C17H25FIN3O2. The van der Waals surface area contributed by atoms with Gasteiger partial charge in [0, 0.05) is 24.2 Å². The van der Waals surface area contributed by atoms with Crippen molar-refractivity contribution in [2.45, 2.75) is 39.3 Å². The smallest absolute Gasteiger partial charge is 0.191 e. The first-order valence-electron chi connectivity index (χ1n) is 8.30. The van der Waals surface area contributed by atoms with E-state index in [0.29, 0.717) is 18.9 Å². The molecule has 0 aromatic heterocycles. The lowest BCUT2D eigenvalue weighted by Gasteiger charge is -2.26. The van der Waals surface area contributed by atoms with E-state index in [1.54, 1.807) is 0 Å². The molecule has 0 amide bonds. The van der Waals surface area contributed by atoms with Crippen LogP contribution in [0.3, 0.4) is 0 Å². The molecule has 1 saturated carbocycles. The second kappa shape index (κ2) is 9.41. The maximum atomic E-state index is 13.7. The van der Waals surface area contributed by atoms with Gasteiger partial charge in [0.15, 0.2) is 12.8 Å². The number of halogens is 2. The van der Waals surface area contributed by atoms with Gasteiger partial charge in [-0.25, -0.2) is 9.38 Å². The fraction of sp³-hybridized carbons (Fsp3) is 0.588. The van der Waals surface area contributed by atoms with E-state index in [1.807, 2.05) is 6.92 Å². The molecular weight excluding hydrogens is 424 g/mol. The summed E-state index contributed by atoms with van der Waals surface area (Å²) in [5.74, 6) is 1.94. The molecule has 2 aliphatic rings. The Labute approximate surface area is 159 Å². The van der Waals surface area contributed by atoms with Crippen LogP contribution < -0.4 is 15.4 Å². The van der Waals surface area contributed by atoms with Gasteiger partial charge in [-0.1, -0.05) is 6.42 Å². The van der Waals surface area contributed by atoms with E-state index in [4.69, 9.17) is 9.47 Å². The molecule has 3 rings (SSSR count). The van der Waals surface area contributed by atoms with Gasteiger partial charge in [-0.05, 0) is 37.8 Å². The summed E-state index contributed by atoms with van der Waals surface area (Å²) in [6.45, 7) is 4.73. The Hall–Kier alpha value is -1.09. The van der Waals surface area contributed by atoms with Crippen molar-refractivity contribution in [3.05, 3.63) is 29.1 Å². The highest BCUT2D eigenvalue weighted by Gasteiger charge is 2.18. The van der Waals surface area contributed by atoms with E-state index >= 15 is 0 Å². The van der Waals surface area contributed by atoms with Crippen LogP contribution in [0.5, 0.6) is 5.75 Å². The van der Waals surface area contributed by atoms with Crippen molar-refractivity contribution in [1.29, 1.82) is 0 Å². The molecule has 1 aliphatic heterocycles. The van der Waals surface area contributed by atoms with E-state index in [1.165, 1.54) is 31.4 Å². The highest BCUT2D eigenvalue weighted by atomic mass is 127. The predicted octanol–water partition coefficient (Wildman–Crippen LogP) is 3.17. The van der Waals surface area contributed by atoms with E-state index in [2.05, 4.69) is 15.6 Å². The van der Waals surface area contributed by atoms with Crippen LogP contribution in [0.15, 0.2) is 17.1 Å². The van der Waals surface area contributed by atoms with Crippen molar-refractivity contribution in [3.8, 4) is 5.75 Å². The summed E-state index contributed by atoms with van der Waals surface area (Å²) in [4.78, 5) is 4.57. The van der Waals surface area contributed by atoms with Gasteiger partial charge < -0.3 is 20.1 Å². The number of hydrogen-bond acceptors (Lipinski definition) is 3. The van der Waals surface area contributed by atoms with Crippen LogP contribution >= 0.6 is 24.0 Å². The number of ether oxygens (including phenoxy) is 2. The number of fused-ring (bicyclic) bond motifs is 1. The van der Waals surface area contributed by atoms with Crippen molar-refractivity contribution in [1.82, 2.24) is 10.6 Å². The first kappa shape index (κ1) is 19.2. The fourth-order valence-electron chi connectivity index (χ4n) is 2.82. The standard InChI is InChI=1S/C17H24FN3O2.HI/c1-2-19-17(20-8-12-4-3-5-12)21-9-13-6-15(18)7-14-10-22-11-23-16(13)14;/h6-7,12H,2-5,8-11H2,1H3,(H2,19,20,21);1H. The third kappa shape index (κ3) is 4.95. The van der Waals surface area contributed by atoms with Crippen LogP contribution in [0.1, 0.15) is 37.3 Å². The van der Waals surface area contributed by atoms with Gasteiger partial charge in [-0.15, -0.1) is 24.0 Å². The molecule has 0 atom stereocenters. The summed E-state index contributed by atoms with van der Waals surface area (Å²) >= 11 is 0. The second-order valence-electron chi connectivity index (χ2n) is 6.04. The van der Waals surface area contributed by atoms with Crippen molar-refractivity contribution < 1.29 is 13.9 Å². The Morgan fingerprint density at radius 2 is 2.17 bits per heavy atom. The normalized spacial score (nSPS) is 17.2. The summed E-state index contributed by atoms with van der Waals surface area (Å²) in [6.07, 6.45) is 3.91. The predicted molar refractivity (Wildman–Crippen MR) is 102 cm³/mol. The Balaban J connectivity index is 0.00000208. The SMILES string of the molecule is CCNC(=NCc1cc(F)cc2c1OCOC2)NCC1CCC1.I. The minimum atomic E-state index is -0.282. The van der Waals surface area contributed by atoms with Crippen molar-refractivity contribution in [3.63, 3.8) is 0 Å². The first-order valence-corrected chi connectivity index (χ1v) is 8.30. The monoisotopic (exact) mass is 449 g/mol. The Morgan fingerprint density at radius 1 is 1.33 bits per heavy atom. The molecule has 5 nitrogen and oxygen atoms in total. The maximum Gasteiger partial charge on any atom is 0.191 e. The lowest BCUT2D eigenvalue weighted by atomic mass is 9.85. The minimum absolute atomic E-state index is 0. The largest absolute Gasteiger partial charge is 0.467 e. The third-order valence-corrected chi connectivity index (χ3v) is 4.29. The molecule has 1 heterocycles. The molecule has 24 heavy (non-hydrogen) atoms. The van der Waals surface area contributed by atoms with Gasteiger partial charge in [0.1, 0.15) is 11.6 Å². The van der Waals surface area contributed by atoms with Crippen molar-refractivity contribution >= 4 is 29.9 Å². The van der Waals surface area contributed by atoms with Crippen LogP contribution in [0.4, 0.5) is 4.39 Å². The number of rotatable bonds is 5. The zero-order valence-corrected chi connectivity index (χ0v) is 16.3. The fourth-order valence-corrected chi connectivity index (χ4v) is 2.82. The zero-order valence-electron chi connectivity index (χ0n) is 13.9. The van der Waals surface area contributed by atoms with Crippen LogP contribution in [-0.2, 0) is 17.9 Å². The molecule has 1 aromatic rings. The molecule has 2 N–H and O–H groups in total. The quantitative estimate of drug-likeness (QED) is 0.412. The molecule has 0 radical (unpaired) electrons. The summed E-state index contributed by atoms with van der Waals surface area (Å²) in [5, 5.41) is 6.60. The number of hydrogen-bond donors (Lipinski definition) is 2. The van der Waals surface area contributed by atoms with E-state index < -0.39 is 0 Å². The highest BCUT2D eigenvalue weighted by molar-refractivity contribution is 14.0. The topological polar surface area (TPSA) is 54.9 Å². The van der Waals surface area contributed by atoms with E-state index in [9.17, 15) is 4.39 Å². The van der Waals surface area contributed by atoms with E-state index in [0.717, 1.165) is 36.1 Å². The second-order valence-corrected chi connectivity index (χ2v) is 6.04. The molecule has 0 unspecified atom stereocenters. The molecule has 0 spiro atoms. The molecule has 134 valence electrons. The van der Waals surface area contributed by atoms with Gasteiger partial charge >= 0.3 is 0 Å². The summed E-state index contributed by atoms with van der Waals surface area (Å²) < 4.78 is 24.5. The van der Waals surface area contributed by atoms with Gasteiger partial charge in [-0.2, -0.15) is 0 Å². The lowest BCUT2D eigenvalue weighted by Crippen LogP contribution is -2.41. The highest BCUT2D eigenvalue weighted by Crippen LogP contribution is 2.30. The van der Waals surface area contributed by atoms with Gasteiger partial charge in [0.25, 0.3) is 0 Å². The molecule has 1 aliphatic carbocycles. The van der Waals surface area contributed by atoms with E-state index in [-0.39, 0.29) is 36.6 Å². The zero-order chi connectivity index (χ0) is 16.1. The third-order valence-electron chi connectivity index (χ3n) is 4.29. The average Bonchev–Trinajstić information content (AvgIpc) is 2.50. The number of nitrogens with zero attached hydrogens (tertiary/aromatic N) is 1. The Bertz CT molecular complexity index is 579. The molecule has 1 fully saturated rings. The number of nitrogens with one attached hydrogen (secondary N) is 2.